The van der Waals surface area contributed by atoms with Crippen molar-refractivity contribution in [2.45, 2.75) is 19.4 Å². The highest BCUT2D eigenvalue weighted by Crippen LogP contribution is 2.33. The second-order valence-corrected chi connectivity index (χ2v) is 6.48. The van der Waals surface area contributed by atoms with Gasteiger partial charge in [-0.25, -0.2) is 0 Å². The van der Waals surface area contributed by atoms with E-state index in [0.717, 1.165) is 24.5 Å². The third-order valence-electron chi connectivity index (χ3n) is 3.34. The van der Waals surface area contributed by atoms with E-state index in [1.807, 2.05) is 12.1 Å². The maximum Gasteiger partial charge on any atom is 0.161 e. The van der Waals surface area contributed by atoms with E-state index in [1.54, 1.807) is 25.6 Å². The van der Waals surface area contributed by atoms with Gasteiger partial charge in [0, 0.05) is 21.8 Å². The summed E-state index contributed by atoms with van der Waals surface area (Å²) in [6.45, 7) is 3.04. The highest BCUT2D eigenvalue weighted by atomic mass is 79.9. The van der Waals surface area contributed by atoms with Gasteiger partial charge in [0.25, 0.3) is 0 Å². The van der Waals surface area contributed by atoms with Crippen LogP contribution < -0.4 is 14.8 Å². The predicted octanol–water partition coefficient (Wildman–Crippen LogP) is 4.42. The third kappa shape index (κ3) is 3.99. The standard InChI is InChI=1S/C16H20BrNO2S/c1-4-18-13(10-16-12(17)7-8-21-16)11-5-6-14(19-2)15(9-11)20-3/h5-9,13,18H,4,10H2,1-3H3. The lowest BCUT2D eigenvalue weighted by Crippen LogP contribution is -2.22. The number of benzene rings is 1. The third-order valence-corrected chi connectivity index (χ3v) is 5.29. The Bertz CT molecular complexity index is 585. The second-order valence-electron chi connectivity index (χ2n) is 4.62. The van der Waals surface area contributed by atoms with E-state index in [4.69, 9.17) is 9.47 Å². The predicted molar refractivity (Wildman–Crippen MR) is 91.7 cm³/mol. The lowest BCUT2D eigenvalue weighted by molar-refractivity contribution is 0.354. The Morgan fingerprint density at radius 3 is 2.52 bits per heavy atom. The topological polar surface area (TPSA) is 30.5 Å². The quantitative estimate of drug-likeness (QED) is 0.783. The van der Waals surface area contributed by atoms with Gasteiger partial charge in [-0.2, -0.15) is 0 Å². The summed E-state index contributed by atoms with van der Waals surface area (Å²) < 4.78 is 11.9. The minimum Gasteiger partial charge on any atom is -0.493 e. The van der Waals surface area contributed by atoms with Gasteiger partial charge in [-0.05, 0) is 51.6 Å². The molecule has 2 rings (SSSR count). The number of rotatable bonds is 7. The number of ether oxygens (including phenoxy) is 2. The zero-order chi connectivity index (χ0) is 15.2. The van der Waals surface area contributed by atoms with Crippen molar-refractivity contribution in [3.63, 3.8) is 0 Å². The molecule has 2 aromatic rings. The Labute approximate surface area is 138 Å². The van der Waals surface area contributed by atoms with Crippen LogP contribution in [-0.4, -0.2) is 20.8 Å². The zero-order valence-electron chi connectivity index (χ0n) is 12.5. The Morgan fingerprint density at radius 1 is 1.19 bits per heavy atom. The Kier molecular flexibility index (Phi) is 6.08. The van der Waals surface area contributed by atoms with E-state index in [9.17, 15) is 0 Å². The van der Waals surface area contributed by atoms with Crippen molar-refractivity contribution in [3.8, 4) is 11.5 Å². The monoisotopic (exact) mass is 369 g/mol. The van der Waals surface area contributed by atoms with Crippen LogP contribution in [0.2, 0.25) is 0 Å². The fourth-order valence-corrected chi connectivity index (χ4v) is 3.84. The van der Waals surface area contributed by atoms with Gasteiger partial charge in [0.2, 0.25) is 0 Å². The molecular formula is C16H20BrNO2S. The van der Waals surface area contributed by atoms with Crippen LogP contribution in [0, 0.1) is 0 Å². The summed E-state index contributed by atoms with van der Waals surface area (Å²) in [4.78, 5) is 1.34. The number of nitrogens with one attached hydrogen (secondary N) is 1. The first-order chi connectivity index (χ1) is 10.2. The molecule has 1 N–H and O–H groups in total. The van der Waals surface area contributed by atoms with E-state index in [2.05, 4.69) is 45.7 Å². The number of hydrogen-bond acceptors (Lipinski definition) is 4. The van der Waals surface area contributed by atoms with E-state index >= 15 is 0 Å². The van der Waals surface area contributed by atoms with E-state index in [-0.39, 0.29) is 6.04 Å². The Balaban J connectivity index is 2.27. The molecule has 0 aliphatic heterocycles. The number of hydrogen-bond donors (Lipinski definition) is 1. The largest absolute Gasteiger partial charge is 0.493 e. The van der Waals surface area contributed by atoms with Crippen molar-refractivity contribution in [1.82, 2.24) is 5.32 Å². The van der Waals surface area contributed by atoms with Crippen LogP contribution in [0.25, 0.3) is 0 Å². The van der Waals surface area contributed by atoms with Gasteiger partial charge in [0.1, 0.15) is 0 Å². The summed E-state index contributed by atoms with van der Waals surface area (Å²) in [6, 6.07) is 8.45. The molecule has 5 heteroatoms. The normalized spacial score (nSPS) is 12.2. The van der Waals surface area contributed by atoms with Gasteiger partial charge in [-0.3, -0.25) is 0 Å². The van der Waals surface area contributed by atoms with Crippen molar-refractivity contribution in [2.75, 3.05) is 20.8 Å². The SMILES string of the molecule is CCNC(Cc1sccc1Br)c1ccc(OC)c(OC)c1. The molecule has 0 saturated heterocycles. The van der Waals surface area contributed by atoms with Gasteiger partial charge < -0.3 is 14.8 Å². The molecule has 0 spiro atoms. The van der Waals surface area contributed by atoms with Gasteiger partial charge >= 0.3 is 0 Å². The second kappa shape index (κ2) is 7.82. The maximum absolute atomic E-state index is 5.40. The van der Waals surface area contributed by atoms with Crippen molar-refractivity contribution < 1.29 is 9.47 Å². The van der Waals surface area contributed by atoms with Crippen LogP contribution in [0.5, 0.6) is 11.5 Å². The minimum atomic E-state index is 0.254. The average molecular weight is 370 g/mol. The lowest BCUT2D eigenvalue weighted by atomic mass is 10.0. The molecule has 0 bridgehead atoms. The van der Waals surface area contributed by atoms with Gasteiger partial charge in [0.15, 0.2) is 11.5 Å². The minimum absolute atomic E-state index is 0.254. The molecular weight excluding hydrogens is 350 g/mol. The number of thiophene rings is 1. The summed E-state index contributed by atoms with van der Waals surface area (Å²) in [5.74, 6) is 1.52. The fraction of sp³-hybridized carbons (Fsp3) is 0.375. The van der Waals surface area contributed by atoms with E-state index < -0.39 is 0 Å². The molecule has 0 saturated carbocycles. The smallest absolute Gasteiger partial charge is 0.161 e. The Morgan fingerprint density at radius 2 is 1.95 bits per heavy atom. The molecule has 1 aromatic heterocycles. The molecule has 0 amide bonds. The van der Waals surface area contributed by atoms with Crippen molar-refractivity contribution in [3.05, 3.63) is 44.6 Å². The van der Waals surface area contributed by atoms with Crippen LogP contribution in [-0.2, 0) is 6.42 Å². The van der Waals surface area contributed by atoms with Crippen molar-refractivity contribution in [2.24, 2.45) is 0 Å². The van der Waals surface area contributed by atoms with Crippen LogP contribution in [0.3, 0.4) is 0 Å². The van der Waals surface area contributed by atoms with Gasteiger partial charge in [0.05, 0.1) is 14.2 Å². The molecule has 21 heavy (non-hydrogen) atoms. The first-order valence-corrected chi connectivity index (χ1v) is 8.54. The summed E-state index contributed by atoms with van der Waals surface area (Å²) in [5.41, 5.74) is 1.20. The first kappa shape index (κ1) is 16.3. The highest BCUT2D eigenvalue weighted by molar-refractivity contribution is 9.10. The number of likely N-dealkylation sites (N-methyl/N-ethyl adjacent to an activating group) is 1. The first-order valence-electron chi connectivity index (χ1n) is 6.86. The van der Waals surface area contributed by atoms with Crippen LogP contribution >= 0.6 is 27.3 Å². The molecule has 0 aliphatic carbocycles. The summed E-state index contributed by atoms with van der Waals surface area (Å²) in [5, 5.41) is 5.65. The molecule has 0 aliphatic rings. The lowest BCUT2D eigenvalue weighted by Gasteiger charge is -2.19. The molecule has 3 nitrogen and oxygen atoms in total. The van der Waals surface area contributed by atoms with Crippen molar-refractivity contribution >= 4 is 27.3 Å². The summed E-state index contributed by atoms with van der Waals surface area (Å²) in [6.07, 6.45) is 0.946. The molecule has 1 aromatic carbocycles. The number of methoxy groups -OCH3 is 2. The molecule has 0 fully saturated rings. The van der Waals surface area contributed by atoms with Crippen molar-refractivity contribution in [1.29, 1.82) is 0 Å². The summed E-state index contributed by atoms with van der Waals surface area (Å²) in [7, 11) is 3.32. The summed E-state index contributed by atoms with van der Waals surface area (Å²) >= 11 is 5.38. The number of halogens is 1. The van der Waals surface area contributed by atoms with Crippen LogP contribution in [0.4, 0.5) is 0 Å². The van der Waals surface area contributed by atoms with Crippen LogP contribution in [0.1, 0.15) is 23.4 Å². The Hall–Kier alpha value is -1.04. The average Bonchev–Trinajstić information content (AvgIpc) is 2.91. The molecule has 0 radical (unpaired) electrons. The molecule has 1 atom stereocenters. The molecule has 114 valence electrons. The molecule has 1 unspecified atom stereocenters. The van der Waals surface area contributed by atoms with Gasteiger partial charge in [-0.15, -0.1) is 11.3 Å². The highest BCUT2D eigenvalue weighted by Gasteiger charge is 2.16. The maximum atomic E-state index is 5.40. The van der Waals surface area contributed by atoms with E-state index in [1.165, 1.54) is 14.9 Å². The van der Waals surface area contributed by atoms with Crippen LogP contribution in [0.15, 0.2) is 34.1 Å². The van der Waals surface area contributed by atoms with Gasteiger partial charge in [-0.1, -0.05) is 13.0 Å². The van der Waals surface area contributed by atoms with E-state index in [0.29, 0.717) is 0 Å². The molecule has 1 heterocycles. The zero-order valence-corrected chi connectivity index (χ0v) is 14.9. The fourth-order valence-electron chi connectivity index (χ4n) is 2.28.